The van der Waals surface area contributed by atoms with Gasteiger partial charge in [-0.1, -0.05) is 12.1 Å². The molecule has 2 aromatic rings. The van der Waals surface area contributed by atoms with Gasteiger partial charge in [0.2, 0.25) is 5.91 Å². The minimum atomic E-state index is -0.260. The zero-order valence-electron chi connectivity index (χ0n) is 15.3. The van der Waals surface area contributed by atoms with Gasteiger partial charge in [0.05, 0.1) is 13.1 Å². The number of nitrogens with one attached hydrogen (secondary N) is 3. The minimum absolute atomic E-state index is 0. The van der Waals surface area contributed by atoms with E-state index >= 15 is 0 Å². The summed E-state index contributed by atoms with van der Waals surface area (Å²) in [6, 6.07) is 11.2. The molecule has 8 heteroatoms. The van der Waals surface area contributed by atoms with Crippen LogP contribution >= 0.6 is 24.0 Å². The average molecular weight is 486 g/mol. The van der Waals surface area contributed by atoms with Gasteiger partial charge in [0.25, 0.3) is 0 Å². The van der Waals surface area contributed by atoms with E-state index in [1.807, 2.05) is 13.0 Å². The first-order valence-corrected chi connectivity index (χ1v) is 8.34. The Morgan fingerprint density at radius 3 is 2.48 bits per heavy atom. The van der Waals surface area contributed by atoms with Gasteiger partial charge in [-0.05, 0) is 55.3 Å². The molecule has 0 unspecified atom stereocenters. The van der Waals surface area contributed by atoms with E-state index < -0.39 is 0 Å². The fourth-order valence-corrected chi connectivity index (χ4v) is 2.16. The van der Waals surface area contributed by atoms with Crippen LogP contribution in [0.3, 0.4) is 0 Å². The van der Waals surface area contributed by atoms with Crippen molar-refractivity contribution < 1.29 is 14.3 Å². The Balaban J connectivity index is 0.00000364. The van der Waals surface area contributed by atoms with Gasteiger partial charge in [-0.25, -0.2) is 9.38 Å². The topological polar surface area (TPSA) is 85.8 Å². The lowest BCUT2D eigenvalue weighted by Gasteiger charge is -2.12. The number of aliphatic imine (C=N–C) groups is 1. The number of nitrogens with zero attached hydrogens (tertiary/aromatic N) is 1. The van der Waals surface area contributed by atoms with Gasteiger partial charge in [-0.15, -0.1) is 24.0 Å². The first-order chi connectivity index (χ1) is 12.5. The van der Waals surface area contributed by atoms with E-state index in [0.29, 0.717) is 30.3 Å². The lowest BCUT2D eigenvalue weighted by Crippen LogP contribution is -2.41. The smallest absolute Gasteiger partial charge is 0.243 e. The highest BCUT2D eigenvalue weighted by Crippen LogP contribution is 2.13. The Morgan fingerprint density at radius 1 is 1.15 bits per heavy atom. The van der Waals surface area contributed by atoms with Gasteiger partial charge in [0.15, 0.2) is 5.96 Å². The predicted molar refractivity (Wildman–Crippen MR) is 116 cm³/mol. The van der Waals surface area contributed by atoms with Gasteiger partial charge in [-0.2, -0.15) is 0 Å². The summed E-state index contributed by atoms with van der Waals surface area (Å²) in [6.07, 6.45) is 0. The van der Waals surface area contributed by atoms with Crippen LogP contribution in [0.5, 0.6) is 5.75 Å². The molecule has 0 saturated heterocycles. The van der Waals surface area contributed by atoms with Gasteiger partial charge >= 0.3 is 0 Å². The second-order valence-corrected chi connectivity index (χ2v) is 5.73. The van der Waals surface area contributed by atoms with Crippen molar-refractivity contribution in [3.63, 3.8) is 0 Å². The fourth-order valence-electron chi connectivity index (χ4n) is 2.16. The normalized spacial score (nSPS) is 10.7. The van der Waals surface area contributed by atoms with Crippen LogP contribution in [-0.2, 0) is 11.3 Å². The number of phenols is 1. The third-order valence-electron chi connectivity index (χ3n) is 3.57. The minimum Gasteiger partial charge on any atom is -0.508 e. The van der Waals surface area contributed by atoms with E-state index in [1.54, 1.807) is 25.1 Å². The number of carbonyl (C=O) groups excluding carboxylic acids is 1. The molecule has 0 aromatic heterocycles. The second kappa shape index (κ2) is 11.4. The zero-order chi connectivity index (χ0) is 18.9. The van der Waals surface area contributed by atoms with Crippen molar-refractivity contribution in [1.29, 1.82) is 0 Å². The molecule has 146 valence electrons. The number of halogens is 2. The summed E-state index contributed by atoms with van der Waals surface area (Å²) in [6.45, 7) is 4.58. The first-order valence-electron chi connectivity index (χ1n) is 8.34. The van der Waals surface area contributed by atoms with Crippen LogP contribution in [0.25, 0.3) is 0 Å². The van der Waals surface area contributed by atoms with Crippen molar-refractivity contribution in [3.05, 3.63) is 59.4 Å². The molecular formula is C19H24FIN4O2. The number of guanidine groups is 1. The monoisotopic (exact) mass is 486 g/mol. The van der Waals surface area contributed by atoms with Crippen molar-refractivity contribution in [2.24, 2.45) is 4.99 Å². The van der Waals surface area contributed by atoms with Crippen molar-refractivity contribution in [2.45, 2.75) is 20.4 Å². The SMILES string of the molecule is CCNC(=NCc1ccc(C)c(F)c1)NCC(=O)Nc1ccc(O)cc1.I. The average Bonchev–Trinajstić information content (AvgIpc) is 2.62. The summed E-state index contributed by atoms with van der Waals surface area (Å²) >= 11 is 0. The van der Waals surface area contributed by atoms with Crippen LogP contribution in [0.2, 0.25) is 0 Å². The van der Waals surface area contributed by atoms with E-state index in [9.17, 15) is 14.3 Å². The molecule has 0 aliphatic rings. The molecule has 0 heterocycles. The third kappa shape index (κ3) is 7.81. The van der Waals surface area contributed by atoms with Crippen LogP contribution < -0.4 is 16.0 Å². The second-order valence-electron chi connectivity index (χ2n) is 5.73. The Bertz CT molecular complexity index is 782. The molecule has 2 rings (SSSR count). The highest BCUT2D eigenvalue weighted by molar-refractivity contribution is 14.0. The van der Waals surface area contributed by atoms with Crippen molar-refractivity contribution in [3.8, 4) is 5.75 Å². The number of anilines is 1. The number of rotatable bonds is 6. The van der Waals surface area contributed by atoms with Crippen LogP contribution in [0.1, 0.15) is 18.1 Å². The lowest BCUT2D eigenvalue weighted by molar-refractivity contribution is -0.115. The van der Waals surface area contributed by atoms with E-state index in [4.69, 9.17) is 0 Å². The largest absolute Gasteiger partial charge is 0.508 e. The Hall–Kier alpha value is -2.36. The molecule has 2 aromatic carbocycles. The third-order valence-corrected chi connectivity index (χ3v) is 3.57. The first kappa shape index (κ1) is 22.7. The number of amides is 1. The molecule has 0 spiro atoms. The van der Waals surface area contributed by atoms with Crippen molar-refractivity contribution >= 4 is 41.5 Å². The van der Waals surface area contributed by atoms with Crippen LogP contribution in [0.15, 0.2) is 47.5 Å². The van der Waals surface area contributed by atoms with Crippen molar-refractivity contribution in [1.82, 2.24) is 10.6 Å². The molecule has 27 heavy (non-hydrogen) atoms. The molecular weight excluding hydrogens is 462 g/mol. The predicted octanol–water partition coefficient (Wildman–Crippen LogP) is 3.15. The van der Waals surface area contributed by atoms with Gasteiger partial charge in [0, 0.05) is 12.2 Å². The molecule has 0 aliphatic heterocycles. The maximum atomic E-state index is 13.6. The highest BCUT2D eigenvalue weighted by atomic mass is 127. The fraction of sp³-hybridized carbons (Fsp3) is 0.263. The number of benzene rings is 2. The van der Waals surface area contributed by atoms with Crippen LogP contribution in [0.4, 0.5) is 10.1 Å². The van der Waals surface area contributed by atoms with Crippen LogP contribution in [0, 0.1) is 12.7 Å². The van der Waals surface area contributed by atoms with E-state index in [-0.39, 0.29) is 48.0 Å². The number of phenolic OH excluding ortho intramolecular Hbond substituents is 1. The maximum absolute atomic E-state index is 13.6. The highest BCUT2D eigenvalue weighted by Gasteiger charge is 2.05. The summed E-state index contributed by atoms with van der Waals surface area (Å²) in [5.74, 6) is 0.0937. The standard InChI is InChI=1S/C19H23FN4O2.HI/c1-3-21-19(22-11-14-5-4-13(2)17(20)10-14)23-12-18(26)24-15-6-8-16(25)9-7-15;/h4-10,25H,3,11-12H2,1-2H3,(H,24,26)(H2,21,22,23);1H. The van der Waals surface area contributed by atoms with Gasteiger partial charge in [-0.3, -0.25) is 4.79 Å². The number of carbonyl (C=O) groups is 1. The van der Waals surface area contributed by atoms with E-state index in [1.165, 1.54) is 18.2 Å². The number of hydrogen-bond acceptors (Lipinski definition) is 3. The molecule has 1 amide bonds. The molecule has 0 aliphatic carbocycles. The van der Waals surface area contributed by atoms with Crippen molar-refractivity contribution in [2.75, 3.05) is 18.4 Å². The maximum Gasteiger partial charge on any atom is 0.243 e. The molecule has 0 radical (unpaired) electrons. The molecule has 0 fully saturated rings. The van der Waals surface area contributed by atoms with E-state index in [2.05, 4.69) is 20.9 Å². The number of aromatic hydroxyl groups is 1. The molecule has 0 atom stereocenters. The number of aryl methyl sites for hydroxylation is 1. The quantitative estimate of drug-likeness (QED) is 0.219. The molecule has 0 bridgehead atoms. The Labute approximate surface area is 175 Å². The summed E-state index contributed by atoms with van der Waals surface area (Å²) in [7, 11) is 0. The lowest BCUT2D eigenvalue weighted by atomic mass is 10.1. The summed E-state index contributed by atoms with van der Waals surface area (Å²) in [4.78, 5) is 16.4. The van der Waals surface area contributed by atoms with E-state index in [0.717, 1.165) is 5.56 Å². The molecule has 0 saturated carbocycles. The van der Waals surface area contributed by atoms with Gasteiger partial charge < -0.3 is 21.1 Å². The van der Waals surface area contributed by atoms with Gasteiger partial charge in [0.1, 0.15) is 11.6 Å². The Morgan fingerprint density at radius 2 is 1.85 bits per heavy atom. The number of hydrogen-bond donors (Lipinski definition) is 4. The summed E-state index contributed by atoms with van der Waals surface area (Å²) in [5, 5.41) is 17.9. The summed E-state index contributed by atoms with van der Waals surface area (Å²) in [5.41, 5.74) is 1.93. The zero-order valence-corrected chi connectivity index (χ0v) is 17.6. The molecule has 6 nitrogen and oxygen atoms in total. The van der Waals surface area contributed by atoms with Crippen LogP contribution in [-0.4, -0.2) is 30.1 Å². The summed E-state index contributed by atoms with van der Waals surface area (Å²) < 4.78 is 13.6. The Kier molecular flexibility index (Phi) is 9.55. The molecule has 4 N–H and O–H groups in total.